The Morgan fingerprint density at radius 1 is 0.757 bits per heavy atom. The molecular weight excluding hydrogens is 488 g/mol. The number of ether oxygens (including phenoxy) is 1. The number of hydrogen-bond acceptors (Lipinski definition) is 9. The second-order valence-electron chi connectivity index (χ2n) is 7.75. The number of nitro benzene ring substituents is 2. The third kappa shape index (κ3) is 7.39. The predicted octanol–water partition coefficient (Wildman–Crippen LogP) is 3.05. The van der Waals surface area contributed by atoms with Gasteiger partial charge in [-0.25, -0.2) is 0 Å². The Hall–Kier alpha value is -5.20. The van der Waals surface area contributed by atoms with Gasteiger partial charge in [-0.2, -0.15) is 0 Å². The van der Waals surface area contributed by atoms with E-state index in [2.05, 4.69) is 23.8 Å². The van der Waals surface area contributed by atoms with Crippen molar-refractivity contribution < 1.29 is 33.8 Å². The lowest BCUT2D eigenvalue weighted by molar-refractivity contribution is -0.385. The molecule has 0 fully saturated rings. The van der Waals surface area contributed by atoms with E-state index in [0.717, 1.165) is 36.4 Å². The average molecular weight is 510 g/mol. The molecule has 13 nitrogen and oxygen atoms in total. The molecule has 2 rings (SSSR count). The summed E-state index contributed by atoms with van der Waals surface area (Å²) in [7, 11) is 0. The van der Waals surface area contributed by atoms with Gasteiger partial charge in [0.15, 0.2) is 11.6 Å². The van der Waals surface area contributed by atoms with E-state index < -0.39 is 57.7 Å². The van der Waals surface area contributed by atoms with E-state index in [0.29, 0.717) is 0 Å². The number of rotatable bonds is 12. The van der Waals surface area contributed by atoms with Crippen LogP contribution < -0.4 is 15.4 Å². The second kappa shape index (κ2) is 12.0. The van der Waals surface area contributed by atoms with Crippen LogP contribution in [0.5, 0.6) is 11.5 Å². The third-order valence-electron chi connectivity index (χ3n) is 4.76. The van der Waals surface area contributed by atoms with Gasteiger partial charge in [0.1, 0.15) is 11.5 Å². The molecule has 0 saturated carbocycles. The number of nitro groups is 2. The Kier molecular flexibility index (Phi) is 9.07. The fraction of sp³-hybridized carbons (Fsp3) is 0.167. The molecule has 0 radical (unpaired) electrons. The number of Topliss-reactive ketones (excluding diaryl/α,β-unsaturated/α-hetero) is 2. The lowest BCUT2D eigenvalue weighted by atomic mass is 10.1. The highest BCUT2D eigenvalue weighted by Crippen LogP contribution is 2.33. The van der Waals surface area contributed by atoms with Crippen LogP contribution in [0.2, 0.25) is 0 Å². The Morgan fingerprint density at radius 3 is 1.41 bits per heavy atom. The molecule has 2 aromatic rings. The van der Waals surface area contributed by atoms with Crippen molar-refractivity contribution in [1.29, 1.82) is 0 Å². The van der Waals surface area contributed by atoms with E-state index in [9.17, 15) is 39.4 Å². The number of amides is 2. The summed E-state index contributed by atoms with van der Waals surface area (Å²) in [6, 6.07) is 6.21. The zero-order valence-electron chi connectivity index (χ0n) is 19.9. The van der Waals surface area contributed by atoms with Crippen LogP contribution in [0.25, 0.3) is 0 Å². The summed E-state index contributed by atoms with van der Waals surface area (Å²) in [5.74, 6) is -3.15. The highest BCUT2D eigenvalue weighted by atomic mass is 16.6. The molecule has 0 aliphatic rings. The third-order valence-corrected chi connectivity index (χ3v) is 4.76. The quantitative estimate of drug-likeness (QED) is 0.187. The molecule has 2 N–H and O–H groups in total. The maximum atomic E-state index is 12.8. The molecule has 192 valence electrons. The van der Waals surface area contributed by atoms with Gasteiger partial charge in [-0.1, -0.05) is 13.2 Å². The molecule has 0 aromatic heterocycles. The lowest BCUT2D eigenvalue weighted by Gasteiger charge is -2.14. The van der Waals surface area contributed by atoms with Crippen molar-refractivity contribution in [2.75, 3.05) is 13.1 Å². The van der Waals surface area contributed by atoms with Crippen molar-refractivity contribution in [3.63, 3.8) is 0 Å². The van der Waals surface area contributed by atoms with Crippen molar-refractivity contribution in [2.24, 2.45) is 0 Å². The molecule has 0 aliphatic carbocycles. The smallest absolute Gasteiger partial charge is 0.270 e. The average Bonchev–Trinajstić information content (AvgIpc) is 2.85. The first-order valence-corrected chi connectivity index (χ1v) is 10.5. The van der Waals surface area contributed by atoms with Crippen LogP contribution >= 0.6 is 0 Å². The van der Waals surface area contributed by atoms with Crippen LogP contribution in [-0.4, -0.2) is 46.3 Å². The predicted molar refractivity (Wildman–Crippen MR) is 131 cm³/mol. The summed E-state index contributed by atoms with van der Waals surface area (Å²) < 4.78 is 5.71. The summed E-state index contributed by atoms with van der Waals surface area (Å²) >= 11 is 0. The number of carbonyl (C=O) groups is 4. The number of non-ortho nitro benzene ring substituents is 2. The van der Waals surface area contributed by atoms with E-state index in [1.165, 1.54) is 13.8 Å². The monoisotopic (exact) mass is 510 g/mol. The Morgan fingerprint density at radius 2 is 1.11 bits per heavy atom. The molecule has 0 atom stereocenters. The Bertz CT molecular complexity index is 1250. The van der Waals surface area contributed by atoms with Crippen molar-refractivity contribution in [1.82, 2.24) is 10.6 Å². The van der Waals surface area contributed by atoms with Gasteiger partial charge >= 0.3 is 0 Å². The first-order valence-electron chi connectivity index (χ1n) is 10.5. The van der Waals surface area contributed by atoms with Crippen molar-refractivity contribution in [3.8, 4) is 11.5 Å². The van der Waals surface area contributed by atoms with Gasteiger partial charge < -0.3 is 15.4 Å². The first kappa shape index (κ1) is 28.0. The summed E-state index contributed by atoms with van der Waals surface area (Å²) in [4.78, 5) is 70.1. The maximum absolute atomic E-state index is 12.8. The Labute approximate surface area is 210 Å². The van der Waals surface area contributed by atoms with Gasteiger partial charge in [0.2, 0.25) is 11.8 Å². The zero-order chi connectivity index (χ0) is 27.9. The van der Waals surface area contributed by atoms with Gasteiger partial charge in [-0.15, -0.1) is 0 Å². The number of hydrogen-bond donors (Lipinski definition) is 2. The Balaban J connectivity index is 2.48. The molecule has 0 spiro atoms. The zero-order valence-corrected chi connectivity index (χ0v) is 19.9. The molecule has 0 bridgehead atoms. The number of nitrogens with zero attached hydrogens (tertiary/aromatic N) is 2. The lowest BCUT2D eigenvalue weighted by Crippen LogP contribution is -2.30. The normalized spacial score (nSPS) is 10.1. The van der Waals surface area contributed by atoms with Gasteiger partial charge in [-0.3, -0.25) is 39.4 Å². The fourth-order valence-electron chi connectivity index (χ4n) is 2.81. The number of ketones is 2. The highest BCUT2D eigenvalue weighted by molar-refractivity contribution is 6.05. The minimum absolute atomic E-state index is 0.135. The second-order valence-corrected chi connectivity index (χ2v) is 7.75. The van der Waals surface area contributed by atoms with Crippen LogP contribution in [0.15, 0.2) is 60.7 Å². The van der Waals surface area contributed by atoms with Gasteiger partial charge in [0.05, 0.1) is 34.1 Å². The molecule has 37 heavy (non-hydrogen) atoms. The van der Waals surface area contributed by atoms with E-state index >= 15 is 0 Å². The number of carbonyl (C=O) groups excluding carboxylic acids is 4. The van der Waals surface area contributed by atoms with Crippen LogP contribution in [0.4, 0.5) is 11.4 Å². The van der Waals surface area contributed by atoms with Crippen LogP contribution in [-0.2, 0) is 9.59 Å². The molecule has 2 amide bonds. The molecule has 0 saturated heterocycles. The summed E-state index contributed by atoms with van der Waals surface area (Å²) in [5, 5.41) is 27.1. The van der Waals surface area contributed by atoms with Crippen molar-refractivity contribution in [3.05, 3.63) is 92.1 Å². The molecule has 13 heteroatoms. The van der Waals surface area contributed by atoms with Gasteiger partial charge in [-0.05, 0) is 26.0 Å². The maximum Gasteiger partial charge on any atom is 0.270 e. The van der Waals surface area contributed by atoms with Crippen LogP contribution in [0.1, 0.15) is 34.6 Å². The molecule has 0 unspecified atom stereocenters. The van der Waals surface area contributed by atoms with Crippen molar-refractivity contribution >= 4 is 34.8 Å². The topological polar surface area (TPSA) is 188 Å². The SMILES string of the molecule is C=C(C)C(=O)NCC(=O)c1cc([N+](=O)[O-])ccc1Oc1ccc([N+](=O)[O-])cc1C(=O)CNC(=O)C(=C)C. The summed E-state index contributed by atoms with van der Waals surface area (Å²) in [6.07, 6.45) is 0. The molecule has 0 heterocycles. The molecule has 0 aliphatic heterocycles. The number of nitrogens with one attached hydrogen (secondary N) is 2. The van der Waals surface area contributed by atoms with Crippen LogP contribution in [0.3, 0.4) is 0 Å². The minimum Gasteiger partial charge on any atom is -0.456 e. The highest BCUT2D eigenvalue weighted by Gasteiger charge is 2.23. The summed E-state index contributed by atoms with van der Waals surface area (Å²) in [6.45, 7) is 8.67. The summed E-state index contributed by atoms with van der Waals surface area (Å²) in [5.41, 5.74) is -1.19. The van der Waals surface area contributed by atoms with Crippen molar-refractivity contribution in [2.45, 2.75) is 13.8 Å². The van der Waals surface area contributed by atoms with Gasteiger partial charge in [0, 0.05) is 35.4 Å². The van der Waals surface area contributed by atoms with E-state index in [4.69, 9.17) is 4.74 Å². The fourth-order valence-corrected chi connectivity index (χ4v) is 2.81. The van der Waals surface area contributed by atoms with E-state index in [-0.39, 0.29) is 33.8 Å². The van der Waals surface area contributed by atoms with E-state index in [1.54, 1.807) is 0 Å². The van der Waals surface area contributed by atoms with Crippen LogP contribution in [0, 0.1) is 20.2 Å². The largest absolute Gasteiger partial charge is 0.456 e. The standard InChI is InChI=1S/C24H22N4O9/c1-13(2)23(31)25-11-19(29)17-9-15(27(33)34)5-7-21(17)37-22-8-6-16(28(35)36)10-18(22)20(30)12-26-24(32)14(3)4/h5-10H,1,3,11-12H2,2,4H3,(H,25,31)(H,26,32). The number of benzene rings is 2. The minimum atomic E-state index is -0.753. The molecular formula is C24H22N4O9. The van der Waals surface area contributed by atoms with Gasteiger partial charge in [0.25, 0.3) is 11.4 Å². The first-order chi connectivity index (χ1) is 17.3. The molecule has 2 aromatic carbocycles. The van der Waals surface area contributed by atoms with E-state index in [1.807, 2.05) is 0 Å².